The number of anilines is 1. The van der Waals surface area contributed by atoms with E-state index in [1.165, 1.54) is 0 Å². The number of hydrogen-bond donors (Lipinski definition) is 2. The Kier molecular flexibility index (Phi) is 3.89. The SMILES string of the molecule is Cc1ccncc1NC(=O)N1CC(C)(OCC(=O)O)C1. The molecule has 1 aromatic rings. The Bertz CT molecular complexity index is 526. The number of carbonyl (C=O) groups is 2. The zero-order chi connectivity index (χ0) is 14.8. The van der Waals surface area contributed by atoms with E-state index in [-0.39, 0.29) is 12.6 Å². The van der Waals surface area contributed by atoms with Gasteiger partial charge >= 0.3 is 12.0 Å². The van der Waals surface area contributed by atoms with Crippen LogP contribution in [0.2, 0.25) is 0 Å². The van der Waals surface area contributed by atoms with Crippen molar-refractivity contribution in [3.8, 4) is 0 Å². The number of carboxylic acid groups (broad SMARTS) is 1. The number of nitrogens with one attached hydrogen (secondary N) is 1. The summed E-state index contributed by atoms with van der Waals surface area (Å²) in [4.78, 5) is 28.0. The minimum atomic E-state index is -1.01. The summed E-state index contributed by atoms with van der Waals surface area (Å²) in [5, 5.41) is 11.3. The quantitative estimate of drug-likeness (QED) is 0.861. The van der Waals surface area contributed by atoms with E-state index in [0.29, 0.717) is 18.8 Å². The number of ether oxygens (including phenoxy) is 1. The number of aryl methyl sites for hydroxylation is 1. The van der Waals surface area contributed by atoms with E-state index >= 15 is 0 Å². The highest BCUT2D eigenvalue weighted by Crippen LogP contribution is 2.25. The molecule has 0 bridgehead atoms. The molecule has 1 aliphatic rings. The first kappa shape index (κ1) is 14.3. The topological polar surface area (TPSA) is 91.8 Å². The van der Waals surface area contributed by atoms with Crippen molar-refractivity contribution >= 4 is 17.7 Å². The molecule has 7 nitrogen and oxygen atoms in total. The van der Waals surface area contributed by atoms with Gasteiger partial charge in [0.25, 0.3) is 0 Å². The van der Waals surface area contributed by atoms with Gasteiger partial charge in [0.15, 0.2) is 0 Å². The van der Waals surface area contributed by atoms with Gasteiger partial charge in [-0.15, -0.1) is 0 Å². The normalized spacial score (nSPS) is 16.4. The first-order chi connectivity index (χ1) is 9.39. The second-order valence-electron chi connectivity index (χ2n) is 5.11. The van der Waals surface area contributed by atoms with E-state index in [9.17, 15) is 9.59 Å². The molecule has 0 atom stereocenters. The second-order valence-corrected chi connectivity index (χ2v) is 5.11. The predicted octanol–water partition coefficient (Wildman–Crippen LogP) is 1.10. The number of aromatic nitrogens is 1. The van der Waals surface area contributed by atoms with Crippen LogP contribution in [0.15, 0.2) is 18.5 Å². The number of carbonyl (C=O) groups excluding carboxylic acids is 1. The molecule has 2 N–H and O–H groups in total. The van der Waals surface area contributed by atoms with Crippen LogP contribution in [0.5, 0.6) is 0 Å². The maximum Gasteiger partial charge on any atom is 0.329 e. The predicted molar refractivity (Wildman–Crippen MR) is 71.6 cm³/mol. The van der Waals surface area contributed by atoms with Gasteiger partial charge in [0.1, 0.15) is 12.2 Å². The molecule has 0 spiro atoms. The molecule has 1 fully saturated rings. The van der Waals surface area contributed by atoms with Gasteiger partial charge in [-0.05, 0) is 25.5 Å². The Morgan fingerprint density at radius 3 is 2.85 bits per heavy atom. The van der Waals surface area contributed by atoms with Gasteiger partial charge in [0, 0.05) is 6.20 Å². The lowest BCUT2D eigenvalue weighted by molar-refractivity contribution is -0.159. The first-order valence-corrected chi connectivity index (χ1v) is 6.22. The summed E-state index contributed by atoms with van der Waals surface area (Å²) in [6.45, 7) is 4.05. The average molecular weight is 279 g/mol. The van der Waals surface area contributed by atoms with Gasteiger partial charge < -0.3 is 20.1 Å². The summed E-state index contributed by atoms with van der Waals surface area (Å²) in [6, 6.07) is 1.57. The lowest BCUT2D eigenvalue weighted by Crippen LogP contribution is -2.64. The van der Waals surface area contributed by atoms with Gasteiger partial charge in [-0.3, -0.25) is 4.98 Å². The molecule has 0 aliphatic carbocycles. The number of urea groups is 1. The first-order valence-electron chi connectivity index (χ1n) is 6.22. The maximum atomic E-state index is 12.0. The largest absolute Gasteiger partial charge is 0.480 e. The number of rotatable bonds is 4. The summed E-state index contributed by atoms with van der Waals surface area (Å²) in [6.07, 6.45) is 3.25. The number of hydrogen-bond acceptors (Lipinski definition) is 4. The van der Waals surface area contributed by atoms with E-state index in [1.807, 2.05) is 13.0 Å². The van der Waals surface area contributed by atoms with Crippen LogP contribution in [0, 0.1) is 6.92 Å². The van der Waals surface area contributed by atoms with Crippen molar-refractivity contribution in [2.75, 3.05) is 25.0 Å². The molecule has 1 aromatic heterocycles. The minimum absolute atomic E-state index is 0.238. The van der Waals surface area contributed by atoms with Crippen LogP contribution in [-0.2, 0) is 9.53 Å². The van der Waals surface area contributed by atoms with Gasteiger partial charge in [0.2, 0.25) is 0 Å². The number of pyridine rings is 1. The third-order valence-electron chi connectivity index (χ3n) is 3.16. The number of nitrogens with zero attached hydrogens (tertiary/aromatic N) is 2. The van der Waals surface area contributed by atoms with Crippen molar-refractivity contribution in [3.63, 3.8) is 0 Å². The lowest BCUT2D eigenvalue weighted by Gasteiger charge is -2.46. The summed E-state index contributed by atoms with van der Waals surface area (Å²) in [7, 11) is 0. The Morgan fingerprint density at radius 2 is 2.25 bits per heavy atom. The van der Waals surface area contributed by atoms with E-state index < -0.39 is 11.6 Å². The fourth-order valence-electron chi connectivity index (χ4n) is 2.02. The molecule has 0 radical (unpaired) electrons. The second kappa shape index (κ2) is 5.46. The Labute approximate surface area is 116 Å². The van der Waals surface area contributed by atoms with E-state index in [1.54, 1.807) is 24.2 Å². The standard InChI is InChI=1S/C13H17N3O4/c1-9-3-4-14-5-10(9)15-12(19)16-7-13(2,8-16)20-6-11(17)18/h3-5H,6-8H2,1-2H3,(H,15,19)(H,17,18). The summed E-state index contributed by atoms with van der Waals surface area (Å²) in [5.74, 6) is -1.01. The van der Waals surface area contributed by atoms with Crippen molar-refractivity contribution in [2.24, 2.45) is 0 Å². The van der Waals surface area contributed by atoms with Crippen molar-refractivity contribution < 1.29 is 19.4 Å². The molecule has 20 heavy (non-hydrogen) atoms. The van der Waals surface area contributed by atoms with Crippen molar-refractivity contribution in [2.45, 2.75) is 19.4 Å². The maximum absolute atomic E-state index is 12.0. The van der Waals surface area contributed by atoms with Crippen molar-refractivity contribution in [3.05, 3.63) is 24.0 Å². The number of likely N-dealkylation sites (tertiary alicyclic amines) is 1. The number of aliphatic carboxylic acids is 1. The smallest absolute Gasteiger partial charge is 0.329 e. The third-order valence-corrected chi connectivity index (χ3v) is 3.16. The zero-order valence-electron chi connectivity index (χ0n) is 11.4. The molecular formula is C13H17N3O4. The molecule has 0 aromatic carbocycles. The van der Waals surface area contributed by atoms with Crippen LogP contribution >= 0.6 is 0 Å². The van der Waals surface area contributed by atoms with Gasteiger partial charge in [-0.1, -0.05) is 0 Å². The van der Waals surface area contributed by atoms with Gasteiger partial charge in [0.05, 0.1) is 25.0 Å². The Hall–Kier alpha value is -2.15. The molecule has 0 unspecified atom stereocenters. The summed E-state index contributed by atoms with van der Waals surface area (Å²) in [5.41, 5.74) is 1.01. The van der Waals surface area contributed by atoms with Gasteiger partial charge in [-0.25, -0.2) is 9.59 Å². The van der Waals surface area contributed by atoms with Crippen molar-refractivity contribution in [1.29, 1.82) is 0 Å². The number of carboxylic acids is 1. The fraction of sp³-hybridized carbons (Fsp3) is 0.462. The average Bonchev–Trinajstić information content (AvgIpc) is 2.35. The molecule has 0 saturated carbocycles. The lowest BCUT2D eigenvalue weighted by atomic mass is 9.97. The van der Waals surface area contributed by atoms with Crippen LogP contribution in [0.1, 0.15) is 12.5 Å². The molecule has 2 rings (SSSR count). The molecule has 2 amide bonds. The van der Waals surface area contributed by atoms with Crippen LogP contribution in [0.3, 0.4) is 0 Å². The Morgan fingerprint density at radius 1 is 1.55 bits per heavy atom. The minimum Gasteiger partial charge on any atom is -0.480 e. The highest BCUT2D eigenvalue weighted by atomic mass is 16.5. The van der Waals surface area contributed by atoms with Crippen LogP contribution < -0.4 is 5.32 Å². The van der Waals surface area contributed by atoms with Crippen LogP contribution in [-0.4, -0.2) is 52.3 Å². The molecule has 1 aliphatic heterocycles. The van der Waals surface area contributed by atoms with Gasteiger partial charge in [-0.2, -0.15) is 0 Å². The zero-order valence-corrected chi connectivity index (χ0v) is 11.4. The van der Waals surface area contributed by atoms with E-state index in [0.717, 1.165) is 5.56 Å². The molecule has 108 valence electrons. The molecular weight excluding hydrogens is 262 g/mol. The fourth-order valence-corrected chi connectivity index (χ4v) is 2.02. The summed E-state index contributed by atoms with van der Waals surface area (Å²) >= 11 is 0. The highest BCUT2D eigenvalue weighted by Gasteiger charge is 2.42. The molecule has 7 heteroatoms. The monoisotopic (exact) mass is 279 g/mol. The highest BCUT2D eigenvalue weighted by molar-refractivity contribution is 5.90. The molecule has 2 heterocycles. The van der Waals surface area contributed by atoms with E-state index in [4.69, 9.17) is 9.84 Å². The summed E-state index contributed by atoms with van der Waals surface area (Å²) < 4.78 is 5.25. The van der Waals surface area contributed by atoms with Crippen molar-refractivity contribution in [1.82, 2.24) is 9.88 Å². The van der Waals surface area contributed by atoms with Crippen LogP contribution in [0.25, 0.3) is 0 Å². The van der Waals surface area contributed by atoms with E-state index in [2.05, 4.69) is 10.3 Å². The third kappa shape index (κ3) is 3.24. The molecule has 1 saturated heterocycles. The number of amides is 2. The van der Waals surface area contributed by atoms with Crippen LogP contribution in [0.4, 0.5) is 10.5 Å². The Balaban J connectivity index is 1.85.